The molecule has 0 bridgehead atoms. The molecule has 6 nitrogen and oxygen atoms in total. The monoisotopic (exact) mass is 684 g/mol. The zero-order valence-corrected chi connectivity index (χ0v) is 27.3. The summed E-state index contributed by atoms with van der Waals surface area (Å²) >= 11 is 12.9. The highest BCUT2D eigenvalue weighted by atomic mass is 35.5. The molecule has 0 fully saturated rings. The van der Waals surface area contributed by atoms with Crippen molar-refractivity contribution in [2.45, 2.75) is 9.79 Å². The van der Waals surface area contributed by atoms with Gasteiger partial charge < -0.3 is 0 Å². The average molecular weight is 686 g/mol. The molecule has 0 heterocycles. The van der Waals surface area contributed by atoms with Crippen LogP contribution in [0.5, 0.6) is 0 Å². The van der Waals surface area contributed by atoms with Gasteiger partial charge in [-0.15, -0.1) is 0 Å². The van der Waals surface area contributed by atoms with Gasteiger partial charge in [-0.25, -0.2) is 25.4 Å². The summed E-state index contributed by atoms with van der Waals surface area (Å²) in [6.07, 6.45) is 0. The fourth-order valence-corrected chi connectivity index (χ4v) is 9.10. The summed E-state index contributed by atoms with van der Waals surface area (Å²) in [5, 5.41) is 0.328. The first-order valence-electron chi connectivity index (χ1n) is 14.1. The molecule has 0 atom stereocenters. The van der Waals surface area contributed by atoms with Gasteiger partial charge in [0.25, 0.3) is 20.0 Å². The van der Waals surface area contributed by atoms with Crippen LogP contribution in [0.2, 0.25) is 10.0 Å². The normalized spacial score (nSPS) is 11.6. The van der Waals surface area contributed by atoms with Crippen LogP contribution in [0.25, 0.3) is 11.1 Å². The standard InChI is InChI=1S/C36H26Cl2N2O4S2/c37-27-21-23-33(35(25-27)45(41,42)39(29-13-5-1-6-14-29)30-15-7-2-8-16-30)34-24-22-28(38)26-36(34)46(43,44)40(31-17-9-3-10-18-31)32-19-11-4-12-20-32/h1-26H. The first-order valence-corrected chi connectivity index (χ1v) is 17.7. The van der Waals surface area contributed by atoms with E-state index >= 15 is 0 Å². The largest absolute Gasteiger partial charge is 0.269 e. The molecule has 6 aromatic carbocycles. The highest BCUT2D eigenvalue weighted by molar-refractivity contribution is 7.93. The predicted molar refractivity (Wildman–Crippen MR) is 186 cm³/mol. The second kappa shape index (κ2) is 13.0. The maximum absolute atomic E-state index is 14.8. The van der Waals surface area contributed by atoms with Crippen molar-refractivity contribution in [1.29, 1.82) is 0 Å². The van der Waals surface area contributed by atoms with E-state index in [9.17, 15) is 16.8 Å². The molecule has 0 saturated carbocycles. The van der Waals surface area contributed by atoms with Crippen molar-refractivity contribution in [3.8, 4) is 11.1 Å². The average Bonchev–Trinajstić information content (AvgIpc) is 3.07. The minimum absolute atomic E-state index is 0.137. The van der Waals surface area contributed by atoms with Gasteiger partial charge in [-0.2, -0.15) is 0 Å². The van der Waals surface area contributed by atoms with Gasteiger partial charge in [0, 0.05) is 21.2 Å². The molecular weight excluding hydrogens is 659 g/mol. The highest BCUT2D eigenvalue weighted by Gasteiger charge is 2.34. The number of hydrogen-bond acceptors (Lipinski definition) is 4. The number of benzene rings is 6. The van der Waals surface area contributed by atoms with Crippen molar-refractivity contribution in [3.63, 3.8) is 0 Å². The summed E-state index contributed by atoms with van der Waals surface area (Å²) in [7, 11) is -8.80. The highest BCUT2D eigenvalue weighted by Crippen LogP contribution is 2.42. The van der Waals surface area contributed by atoms with E-state index < -0.39 is 20.0 Å². The van der Waals surface area contributed by atoms with Crippen LogP contribution < -0.4 is 8.61 Å². The minimum Gasteiger partial charge on any atom is -0.235 e. The van der Waals surface area contributed by atoms with Crippen molar-refractivity contribution in [2.24, 2.45) is 0 Å². The fourth-order valence-electron chi connectivity index (χ4n) is 5.17. The third-order valence-corrected chi connectivity index (χ3v) is 11.2. The van der Waals surface area contributed by atoms with Crippen LogP contribution in [0.1, 0.15) is 0 Å². The van der Waals surface area contributed by atoms with Crippen LogP contribution in [0.4, 0.5) is 22.7 Å². The Hall–Kier alpha value is -4.60. The zero-order chi connectivity index (χ0) is 32.3. The Morgan fingerprint density at radius 2 is 0.630 bits per heavy atom. The van der Waals surface area contributed by atoms with Crippen molar-refractivity contribution in [3.05, 3.63) is 168 Å². The van der Waals surface area contributed by atoms with E-state index in [4.69, 9.17) is 23.2 Å². The van der Waals surface area contributed by atoms with Gasteiger partial charge in [0.15, 0.2) is 0 Å². The first kappa shape index (κ1) is 31.4. The number of hydrogen-bond donors (Lipinski definition) is 0. The molecule has 6 rings (SSSR count). The molecule has 0 aromatic heterocycles. The quantitative estimate of drug-likeness (QED) is 0.152. The summed E-state index contributed by atoms with van der Waals surface area (Å²) in [5.41, 5.74) is 1.84. The van der Waals surface area contributed by atoms with Crippen LogP contribution in [0.15, 0.2) is 168 Å². The maximum atomic E-state index is 14.8. The number of para-hydroxylation sites is 4. The smallest absolute Gasteiger partial charge is 0.235 e. The second-order valence-corrected chi connectivity index (χ2v) is 14.5. The third-order valence-electron chi connectivity index (χ3n) is 7.18. The lowest BCUT2D eigenvalue weighted by atomic mass is 10.1. The number of nitrogens with zero attached hydrogens (tertiary/aromatic N) is 2. The number of anilines is 4. The Morgan fingerprint density at radius 1 is 0.370 bits per heavy atom. The molecule has 230 valence electrons. The molecule has 6 aromatic rings. The second-order valence-electron chi connectivity index (χ2n) is 10.2. The van der Waals surface area contributed by atoms with Gasteiger partial charge in [0.05, 0.1) is 32.5 Å². The molecule has 0 radical (unpaired) electrons. The van der Waals surface area contributed by atoms with E-state index in [1.54, 1.807) is 121 Å². The summed E-state index contributed by atoms with van der Waals surface area (Å²) < 4.78 is 61.5. The Labute approximate surface area is 278 Å². The lowest BCUT2D eigenvalue weighted by molar-refractivity contribution is 0.593. The van der Waals surface area contributed by atoms with E-state index in [2.05, 4.69) is 0 Å². The van der Waals surface area contributed by atoms with Gasteiger partial charge in [-0.3, -0.25) is 0 Å². The molecule has 0 aliphatic heterocycles. The minimum atomic E-state index is -4.40. The SMILES string of the molecule is O=S(=O)(c1cc(Cl)ccc1-c1ccc(Cl)cc1S(=O)(=O)N(c1ccccc1)c1ccccc1)N(c1ccccc1)c1ccccc1. The van der Waals surface area contributed by atoms with Crippen LogP contribution in [-0.2, 0) is 20.0 Å². The lowest BCUT2D eigenvalue weighted by Crippen LogP contribution is -2.28. The van der Waals surface area contributed by atoms with Crippen molar-refractivity contribution < 1.29 is 16.8 Å². The van der Waals surface area contributed by atoms with Crippen molar-refractivity contribution in [1.82, 2.24) is 0 Å². The van der Waals surface area contributed by atoms with E-state index in [0.717, 1.165) is 0 Å². The summed E-state index contributed by atoms with van der Waals surface area (Å²) in [4.78, 5) is -0.366. The van der Waals surface area contributed by atoms with Crippen molar-refractivity contribution in [2.75, 3.05) is 8.61 Å². The summed E-state index contributed by atoms with van der Waals surface area (Å²) in [6, 6.07) is 43.3. The number of halogens is 2. The van der Waals surface area contributed by atoms with E-state index in [0.29, 0.717) is 22.7 Å². The Kier molecular flexibility index (Phi) is 8.88. The molecule has 0 N–H and O–H groups in total. The van der Waals surface area contributed by atoms with Crippen LogP contribution in [0, 0.1) is 0 Å². The molecule has 0 aliphatic carbocycles. The first-order chi connectivity index (χ1) is 22.2. The topological polar surface area (TPSA) is 74.8 Å². The van der Waals surface area contributed by atoms with E-state index in [1.165, 1.54) is 45.0 Å². The lowest BCUT2D eigenvalue weighted by Gasteiger charge is -2.28. The van der Waals surface area contributed by atoms with Crippen molar-refractivity contribution >= 4 is 66.0 Å². The Bertz CT molecular complexity index is 1960. The van der Waals surface area contributed by atoms with Gasteiger partial charge in [-0.1, -0.05) is 108 Å². The van der Waals surface area contributed by atoms with Crippen LogP contribution in [-0.4, -0.2) is 16.8 Å². The van der Waals surface area contributed by atoms with Crippen LogP contribution >= 0.6 is 23.2 Å². The van der Waals surface area contributed by atoms with Crippen LogP contribution in [0.3, 0.4) is 0 Å². The number of sulfonamides is 2. The third kappa shape index (κ3) is 6.12. The predicted octanol–water partition coefficient (Wildman–Crippen LogP) is 9.71. The molecular formula is C36H26Cl2N2O4S2. The van der Waals surface area contributed by atoms with Gasteiger partial charge in [0.2, 0.25) is 0 Å². The van der Waals surface area contributed by atoms with Gasteiger partial charge in [-0.05, 0) is 72.8 Å². The Balaban J connectivity index is 1.60. The molecule has 46 heavy (non-hydrogen) atoms. The van der Waals surface area contributed by atoms with Gasteiger partial charge >= 0.3 is 0 Å². The van der Waals surface area contributed by atoms with E-state index in [-0.39, 0.29) is 31.0 Å². The molecule has 0 amide bonds. The summed E-state index contributed by atoms with van der Waals surface area (Å²) in [5.74, 6) is 0. The van der Waals surface area contributed by atoms with Gasteiger partial charge in [0.1, 0.15) is 0 Å². The summed E-state index contributed by atoms with van der Waals surface area (Å²) in [6.45, 7) is 0. The maximum Gasteiger partial charge on any atom is 0.269 e. The molecule has 0 unspecified atom stereocenters. The fraction of sp³-hybridized carbons (Fsp3) is 0. The molecule has 10 heteroatoms. The zero-order valence-electron chi connectivity index (χ0n) is 24.1. The molecule has 0 spiro atoms. The molecule has 0 aliphatic rings. The molecule has 0 saturated heterocycles. The number of rotatable bonds is 9. The van der Waals surface area contributed by atoms with E-state index in [1.807, 2.05) is 0 Å². The Morgan fingerprint density at radius 3 is 0.891 bits per heavy atom.